The minimum absolute atomic E-state index is 0.144. The fraction of sp³-hybridized carbons (Fsp3) is 0.800. The lowest BCUT2D eigenvalue weighted by molar-refractivity contribution is -0.170. The zero-order chi connectivity index (χ0) is 10.2. The van der Waals surface area contributed by atoms with Gasteiger partial charge >= 0.3 is 5.97 Å². The molecule has 4 nitrogen and oxygen atoms in total. The van der Waals surface area contributed by atoms with E-state index in [4.69, 9.17) is 4.84 Å². The number of hydrogen-bond acceptors (Lipinski definition) is 4. The van der Waals surface area contributed by atoms with Crippen LogP contribution in [-0.4, -0.2) is 30.5 Å². The molecule has 0 saturated carbocycles. The molecule has 1 aliphatic rings. The van der Waals surface area contributed by atoms with Crippen molar-refractivity contribution in [3.05, 3.63) is 0 Å². The molecule has 1 aliphatic heterocycles. The van der Waals surface area contributed by atoms with Gasteiger partial charge in [0.15, 0.2) is 0 Å². The van der Waals surface area contributed by atoms with Crippen molar-refractivity contribution in [3.8, 4) is 0 Å². The fourth-order valence-corrected chi connectivity index (χ4v) is 1.30. The van der Waals surface area contributed by atoms with Crippen LogP contribution in [0, 0.1) is 0 Å². The summed E-state index contributed by atoms with van der Waals surface area (Å²) in [6, 6.07) is 0. The zero-order valence-electron chi connectivity index (χ0n) is 8.74. The largest absolute Gasteiger partial charge is 0.340 e. The van der Waals surface area contributed by atoms with E-state index in [1.165, 1.54) is 17.9 Å². The van der Waals surface area contributed by atoms with E-state index >= 15 is 0 Å². The molecular formula is C10H18N2O2. The van der Waals surface area contributed by atoms with Crippen LogP contribution < -0.4 is 0 Å². The lowest BCUT2D eigenvalue weighted by Gasteiger charge is -2.12. The average Bonchev–Trinajstić information content (AvgIpc) is 2.65. The van der Waals surface area contributed by atoms with E-state index in [-0.39, 0.29) is 5.97 Å². The highest BCUT2D eigenvalue weighted by atomic mass is 16.7. The van der Waals surface area contributed by atoms with Crippen LogP contribution in [0.5, 0.6) is 0 Å². The second-order valence-electron chi connectivity index (χ2n) is 3.44. The number of carbonyl (C=O) groups excluding carboxylic acids is 1. The topological polar surface area (TPSA) is 41.9 Å². The molecule has 0 amide bonds. The van der Waals surface area contributed by atoms with Crippen molar-refractivity contribution in [2.24, 2.45) is 4.99 Å². The van der Waals surface area contributed by atoms with Gasteiger partial charge in [-0.2, -0.15) is 5.06 Å². The minimum atomic E-state index is -0.144. The van der Waals surface area contributed by atoms with Gasteiger partial charge in [0, 0.05) is 6.42 Å². The molecule has 0 aromatic carbocycles. The van der Waals surface area contributed by atoms with E-state index in [1.807, 2.05) is 0 Å². The average molecular weight is 198 g/mol. The molecule has 0 atom stereocenters. The van der Waals surface area contributed by atoms with E-state index in [1.54, 1.807) is 6.34 Å². The Bertz CT molecular complexity index is 204. The summed E-state index contributed by atoms with van der Waals surface area (Å²) >= 11 is 0. The minimum Gasteiger partial charge on any atom is -0.340 e. The number of hydrogen-bond donors (Lipinski definition) is 0. The van der Waals surface area contributed by atoms with Crippen molar-refractivity contribution >= 4 is 12.3 Å². The van der Waals surface area contributed by atoms with E-state index in [0.717, 1.165) is 19.4 Å². The summed E-state index contributed by atoms with van der Waals surface area (Å²) < 4.78 is 0. The third-order valence-corrected chi connectivity index (χ3v) is 2.11. The summed E-state index contributed by atoms with van der Waals surface area (Å²) in [7, 11) is 0. The molecule has 0 radical (unpaired) electrons. The van der Waals surface area contributed by atoms with Crippen LogP contribution in [0.15, 0.2) is 4.99 Å². The summed E-state index contributed by atoms with van der Waals surface area (Å²) in [5, 5.41) is 1.50. The van der Waals surface area contributed by atoms with Gasteiger partial charge in [-0.3, -0.25) is 4.99 Å². The van der Waals surface area contributed by atoms with Crippen LogP contribution in [0.2, 0.25) is 0 Å². The number of aliphatic imine (C=N–C) groups is 1. The maximum atomic E-state index is 11.2. The van der Waals surface area contributed by atoms with Crippen molar-refractivity contribution in [1.82, 2.24) is 5.06 Å². The monoisotopic (exact) mass is 198 g/mol. The van der Waals surface area contributed by atoms with Gasteiger partial charge in [0.2, 0.25) is 0 Å². The third kappa shape index (κ3) is 4.25. The zero-order valence-corrected chi connectivity index (χ0v) is 8.74. The lowest BCUT2D eigenvalue weighted by Crippen LogP contribution is -2.24. The predicted molar refractivity (Wildman–Crippen MR) is 54.9 cm³/mol. The molecule has 1 rings (SSSR count). The molecular weight excluding hydrogens is 180 g/mol. The Hall–Kier alpha value is -1.06. The number of carbonyl (C=O) groups is 1. The molecule has 0 aromatic heterocycles. The highest BCUT2D eigenvalue weighted by molar-refractivity contribution is 5.70. The maximum Gasteiger partial charge on any atom is 0.332 e. The summed E-state index contributed by atoms with van der Waals surface area (Å²) in [5.74, 6) is -0.144. The molecule has 0 unspecified atom stereocenters. The van der Waals surface area contributed by atoms with Gasteiger partial charge in [0.25, 0.3) is 0 Å². The van der Waals surface area contributed by atoms with Crippen molar-refractivity contribution in [2.45, 2.75) is 39.0 Å². The Kier molecular flexibility index (Phi) is 5.04. The maximum absolute atomic E-state index is 11.2. The van der Waals surface area contributed by atoms with Crippen LogP contribution in [0.1, 0.15) is 39.0 Å². The van der Waals surface area contributed by atoms with Crippen molar-refractivity contribution in [3.63, 3.8) is 0 Å². The number of rotatable bonds is 6. The summed E-state index contributed by atoms with van der Waals surface area (Å²) in [5.41, 5.74) is 0. The van der Waals surface area contributed by atoms with Crippen molar-refractivity contribution in [2.75, 3.05) is 13.1 Å². The van der Waals surface area contributed by atoms with Gasteiger partial charge in [-0.05, 0) is 6.42 Å². The summed E-state index contributed by atoms with van der Waals surface area (Å²) in [6.07, 6.45) is 6.51. The first-order valence-corrected chi connectivity index (χ1v) is 5.30. The molecule has 14 heavy (non-hydrogen) atoms. The molecule has 0 aliphatic carbocycles. The Balaban J connectivity index is 2.01. The molecule has 80 valence electrons. The number of hydroxylamine groups is 2. The second kappa shape index (κ2) is 6.40. The van der Waals surface area contributed by atoms with Gasteiger partial charge in [0.1, 0.15) is 6.34 Å². The smallest absolute Gasteiger partial charge is 0.332 e. The van der Waals surface area contributed by atoms with Gasteiger partial charge in [0.05, 0.1) is 13.1 Å². The lowest BCUT2D eigenvalue weighted by atomic mass is 10.2. The Morgan fingerprint density at radius 3 is 3.00 bits per heavy atom. The molecule has 4 heteroatoms. The molecule has 0 N–H and O–H groups in total. The van der Waals surface area contributed by atoms with Crippen LogP contribution in [0.4, 0.5) is 0 Å². The van der Waals surface area contributed by atoms with Crippen molar-refractivity contribution in [1.29, 1.82) is 0 Å². The summed E-state index contributed by atoms with van der Waals surface area (Å²) in [6.45, 7) is 3.57. The number of unbranched alkanes of at least 4 members (excludes halogenated alkanes) is 3. The Morgan fingerprint density at radius 2 is 2.36 bits per heavy atom. The van der Waals surface area contributed by atoms with Gasteiger partial charge in [-0.1, -0.05) is 26.2 Å². The third-order valence-electron chi connectivity index (χ3n) is 2.11. The molecule has 0 aromatic rings. The molecule has 0 saturated heterocycles. The summed E-state index contributed by atoms with van der Waals surface area (Å²) in [4.78, 5) is 20.2. The molecule has 0 spiro atoms. The SMILES string of the molecule is CCCCCCC(=O)ON1C=NCC1. The van der Waals surface area contributed by atoms with Gasteiger partial charge < -0.3 is 4.84 Å². The van der Waals surface area contributed by atoms with E-state index < -0.39 is 0 Å². The quantitative estimate of drug-likeness (QED) is 0.611. The Morgan fingerprint density at radius 1 is 1.50 bits per heavy atom. The Labute approximate surface area is 84.9 Å². The standard InChI is InChI=1S/C10H18N2O2/c1-2-3-4-5-6-10(13)14-12-8-7-11-9-12/h9H,2-8H2,1H3. The highest BCUT2D eigenvalue weighted by Gasteiger charge is 2.11. The second-order valence-corrected chi connectivity index (χ2v) is 3.44. The highest BCUT2D eigenvalue weighted by Crippen LogP contribution is 2.05. The first-order valence-electron chi connectivity index (χ1n) is 5.30. The van der Waals surface area contributed by atoms with E-state index in [2.05, 4.69) is 11.9 Å². The fourth-order valence-electron chi connectivity index (χ4n) is 1.30. The van der Waals surface area contributed by atoms with Gasteiger partial charge in [-0.25, -0.2) is 4.79 Å². The van der Waals surface area contributed by atoms with Crippen LogP contribution >= 0.6 is 0 Å². The normalized spacial score (nSPS) is 14.8. The predicted octanol–water partition coefficient (Wildman–Crippen LogP) is 1.76. The van der Waals surface area contributed by atoms with Crippen LogP contribution in [0.25, 0.3) is 0 Å². The number of nitrogens with zero attached hydrogens (tertiary/aromatic N) is 2. The molecule has 1 heterocycles. The van der Waals surface area contributed by atoms with Crippen LogP contribution in [-0.2, 0) is 9.63 Å². The first kappa shape index (κ1) is 11.0. The van der Waals surface area contributed by atoms with Crippen LogP contribution in [0.3, 0.4) is 0 Å². The van der Waals surface area contributed by atoms with Gasteiger partial charge in [-0.15, -0.1) is 0 Å². The molecule has 0 bridgehead atoms. The van der Waals surface area contributed by atoms with Crippen molar-refractivity contribution < 1.29 is 9.63 Å². The first-order chi connectivity index (χ1) is 6.83. The van der Waals surface area contributed by atoms with E-state index in [0.29, 0.717) is 13.0 Å². The van der Waals surface area contributed by atoms with E-state index in [9.17, 15) is 4.79 Å². The molecule has 0 fully saturated rings.